The van der Waals surface area contributed by atoms with Crippen molar-refractivity contribution in [2.75, 3.05) is 13.1 Å². The van der Waals surface area contributed by atoms with Crippen LogP contribution in [-0.2, 0) is 4.79 Å². The molecule has 1 aliphatic rings. The minimum atomic E-state index is -0.860. The van der Waals surface area contributed by atoms with Crippen LogP contribution in [0.4, 0.5) is 0 Å². The molecule has 0 unspecified atom stereocenters. The average Bonchev–Trinajstić information content (AvgIpc) is 2.42. The molecule has 1 saturated heterocycles. The Kier molecular flexibility index (Phi) is 5.14. The Hall–Kier alpha value is -0.530. The fraction of sp³-hybridized carbons (Fsp3) is 0.385. The number of benzene rings is 1. The molecule has 4 nitrogen and oxygen atoms in total. The number of carbonyl (C=O) groups is 2. The number of carboxylic acid groups (broad SMARTS) is 1. The van der Waals surface area contributed by atoms with Gasteiger partial charge in [0.25, 0.3) is 5.91 Å². The molecule has 1 heterocycles. The lowest BCUT2D eigenvalue weighted by molar-refractivity contribution is -0.143. The van der Waals surface area contributed by atoms with Gasteiger partial charge in [-0.2, -0.15) is 0 Å². The van der Waals surface area contributed by atoms with Crippen LogP contribution in [0.2, 0.25) is 10.0 Å². The summed E-state index contributed by atoms with van der Waals surface area (Å²) in [4.78, 5) is 25.1. The summed E-state index contributed by atoms with van der Waals surface area (Å²) in [6.07, 6.45) is 1.29. The number of nitrogens with zero attached hydrogens (tertiary/aromatic N) is 1. The molecule has 1 N–H and O–H groups in total. The number of likely N-dealkylation sites (tertiary alicyclic amines) is 1. The monoisotopic (exact) mass is 427 g/mol. The van der Waals surface area contributed by atoms with Crippen LogP contribution in [0.3, 0.4) is 0 Å². The molecule has 0 aromatic heterocycles. The van der Waals surface area contributed by atoms with Gasteiger partial charge in [-0.05, 0) is 47.6 Å². The SMILES string of the molecule is O=C(O)[C@@H]1CCCN(C(=O)c2cc(Cl)cc(Cl)c2I)C1. The highest BCUT2D eigenvalue weighted by atomic mass is 127. The lowest BCUT2D eigenvalue weighted by Crippen LogP contribution is -2.42. The standard InChI is InChI=1S/C13H12Cl2INO3/c14-8-4-9(11(16)10(15)5-8)12(18)17-3-1-2-7(6-17)13(19)20/h4-5,7H,1-3,6H2,(H,19,20)/t7-/m1/s1. The number of piperidine rings is 1. The highest BCUT2D eigenvalue weighted by Gasteiger charge is 2.29. The van der Waals surface area contributed by atoms with Crippen LogP contribution in [0.25, 0.3) is 0 Å². The molecule has 20 heavy (non-hydrogen) atoms. The fourth-order valence-corrected chi connectivity index (χ4v) is 3.28. The van der Waals surface area contributed by atoms with Gasteiger partial charge in [-0.15, -0.1) is 0 Å². The van der Waals surface area contributed by atoms with Crippen LogP contribution in [-0.4, -0.2) is 35.0 Å². The van der Waals surface area contributed by atoms with Gasteiger partial charge >= 0.3 is 5.97 Å². The van der Waals surface area contributed by atoms with Crippen molar-refractivity contribution in [3.8, 4) is 0 Å². The van der Waals surface area contributed by atoms with E-state index >= 15 is 0 Å². The number of amides is 1. The molecule has 0 radical (unpaired) electrons. The summed E-state index contributed by atoms with van der Waals surface area (Å²) in [6.45, 7) is 0.789. The maximum absolute atomic E-state index is 12.5. The summed E-state index contributed by atoms with van der Waals surface area (Å²) < 4.78 is 0.635. The van der Waals surface area contributed by atoms with Crippen LogP contribution in [0.5, 0.6) is 0 Å². The van der Waals surface area contributed by atoms with Crippen molar-refractivity contribution in [2.45, 2.75) is 12.8 Å². The van der Waals surface area contributed by atoms with Crippen molar-refractivity contribution in [2.24, 2.45) is 5.92 Å². The fourth-order valence-electron chi connectivity index (χ4n) is 2.25. The highest BCUT2D eigenvalue weighted by molar-refractivity contribution is 14.1. The minimum absolute atomic E-state index is 0.218. The Morgan fingerprint density at radius 1 is 1.35 bits per heavy atom. The zero-order valence-corrected chi connectivity index (χ0v) is 14.1. The quantitative estimate of drug-likeness (QED) is 0.580. The number of hydrogen-bond acceptors (Lipinski definition) is 2. The molecule has 1 aromatic carbocycles. The van der Waals surface area contributed by atoms with Crippen molar-refractivity contribution < 1.29 is 14.7 Å². The first kappa shape index (κ1) is 15.9. The van der Waals surface area contributed by atoms with E-state index in [4.69, 9.17) is 28.3 Å². The molecule has 1 aromatic rings. The molecular formula is C13H12Cl2INO3. The lowest BCUT2D eigenvalue weighted by Gasteiger charge is -2.31. The molecule has 1 aliphatic heterocycles. The van der Waals surface area contributed by atoms with Crippen molar-refractivity contribution in [1.29, 1.82) is 0 Å². The summed E-state index contributed by atoms with van der Waals surface area (Å²) in [6, 6.07) is 3.15. The molecule has 0 aliphatic carbocycles. The first-order valence-corrected chi connectivity index (χ1v) is 7.90. The Bertz CT molecular complexity index is 565. The number of carbonyl (C=O) groups excluding carboxylic acids is 1. The first-order valence-electron chi connectivity index (χ1n) is 6.06. The summed E-state index contributed by atoms with van der Waals surface area (Å²) >= 11 is 14.0. The van der Waals surface area contributed by atoms with Gasteiger partial charge < -0.3 is 10.0 Å². The van der Waals surface area contributed by atoms with Gasteiger partial charge in [-0.25, -0.2) is 0 Å². The van der Waals surface area contributed by atoms with Crippen LogP contribution in [0.1, 0.15) is 23.2 Å². The molecule has 2 rings (SSSR count). The van der Waals surface area contributed by atoms with Crippen LogP contribution in [0, 0.1) is 9.49 Å². The van der Waals surface area contributed by atoms with Crippen molar-refractivity contribution >= 4 is 57.7 Å². The van der Waals surface area contributed by atoms with Gasteiger partial charge in [0.05, 0.1) is 16.5 Å². The second-order valence-electron chi connectivity index (χ2n) is 4.68. The van der Waals surface area contributed by atoms with E-state index in [9.17, 15) is 9.59 Å². The predicted octanol–water partition coefficient (Wildman–Crippen LogP) is 3.53. The molecule has 0 saturated carbocycles. The Morgan fingerprint density at radius 2 is 2.05 bits per heavy atom. The minimum Gasteiger partial charge on any atom is -0.481 e. The van der Waals surface area contributed by atoms with Crippen molar-refractivity contribution in [3.63, 3.8) is 0 Å². The predicted molar refractivity (Wildman–Crippen MR) is 85.4 cm³/mol. The van der Waals surface area contributed by atoms with Crippen molar-refractivity contribution in [1.82, 2.24) is 4.90 Å². The molecule has 108 valence electrons. The van der Waals surface area contributed by atoms with Gasteiger partial charge in [0.2, 0.25) is 0 Å². The van der Waals surface area contributed by atoms with E-state index < -0.39 is 11.9 Å². The molecule has 1 amide bonds. The topological polar surface area (TPSA) is 57.6 Å². The average molecular weight is 428 g/mol. The van der Waals surface area contributed by atoms with Gasteiger partial charge in [-0.3, -0.25) is 9.59 Å². The third kappa shape index (κ3) is 3.38. The number of aliphatic carboxylic acids is 1. The summed E-state index contributed by atoms with van der Waals surface area (Å²) in [5, 5.41) is 9.89. The lowest BCUT2D eigenvalue weighted by atomic mass is 9.97. The molecule has 0 bridgehead atoms. The largest absolute Gasteiger partial charge is 0.481 e. The Balaban J connectivity index is 2.25. The van der Waals surface area contributed by atoms with E-state index in [1.807, 2.05) is 22.6 Å². The van der Waals surface area contributed by atoms with E-state index in [0.29, 0.717) is 38.6 Å². The molecular weight excluding hydrogens is 416 g/mol. The van der Waals surface area contributed by atoms with Crippen LogP contribution in [0.15, 0.2) is 12.1 Å². The molecule has 7 heteroatoms. The number of carboxylic acids is 1. The highest BCUT2D eigenvalue weighted by Crippen LogP contribution is 2.29. The second kappa shape index (κ2) is 6.49. The first-order chi connectivity index (χ1) is 9.40. The third-order valence-electron chi connectivity index (χ3n) is 3.28. The van der Waals surface area contributed by atoms with Gasteiger partial charge in [0.1, 0.15) is 0 Å². The van der Waals surface area contributed by atoms with Gasteiger partial charge in [0, 0.05) is 21.7 Å². The smallest absolute Gasteiger partial charge is 0.308 e. The maximum atomic E-state index is 12.5. The number of rotatable bonds is 2. The Labute approximate surface area is 140 Å². The van der Waals surface area contributed by atoms with Gasteiger partial charge in [0.15, 0.2) is 0 Å². The zero-order valence-electron chi connectivity index (χ0n) is 10.4. The molecule has 1 atom stereocenters. The zero-order chi connectivity index (χ0) is 14.9. The molecule has 1 fully saturated rings. The summed E-state index contributed by atoms with van der Waals surface area (Å²) in [5.74, 6) is -1.58. The summed E-state index contributed by atoms with van der Waals surface area (Å²) in [7, 11) is 0. The van der Waals surface area contributed by atoms with E-state index in [1.54, 1.807) is 17.0 Å². The normalized spacial score (nSPS) is 18.9. The van der Waals surface area contributed by atoms with E-state index in [0.717, 1.165) is 0 Å². The number of hydrogen-bond donors (Lipinski definition) is 1. The van der Waals surface area contributed by atoms with Crippen molar-refractivity contribution in [3.05, 3.63) is 31.3 Å². The van der Waals surface area contributed by atoms with Crippen LogP contribution < -0.4 is 0 Å². The van der Waals surface area contributed by atoms with E-state index in [-0.39, 0.29) is 12.5 Å². The second-order valence-corrected chi connectivity index (χ2v) is 6.60. The molecule has 0 spiro atoms. The Morgan fingerprint density at radius 3 is 2.70 bits per heavy atom. The van der Waals surface area contributed by atoms with E-state index in [2.05, 4.69) is 0 Å². The number of halogens is 3. The third-order valence-corrected chi connectivity index (χ3v) is 5.28. The maximum Gasteiger partial charge on any atom is 0.308 e. The summed E-state index contributed by atoms with van der Waals surface area (Å²) in [5.41, 5.74) is 0.425. The van der Waals surface area contributed by atoms with Gasteiger partial charge in [-0.1, -0.05) is 23.2 Å². The van der Waals surface area contributed by atoms with E-state index in [1.165, 1.54) is 0 Å². The van der Waals surface area contributed by atoms with Crippen LogP contribution >= 0.6 is 45.8 Å².